The Morgan fingerprint density at radius 2 is 1.06 bits per heavy atom. The van der Waals surface area contributed by atoms with E-state index >= 15 is 0 Å². The summed E-state index contributed by atoms with van der Waals surface area (Å²) in [6, 6.07) is 21.1. The van der Waals surface area contributed by atoms with Crippen LogP contribution in [0.1, 0.15) is 11.1 Å². The number of hydrogen-bond donors (Lipinski definition) is 4. The number of amides is 4. The number of nitrogens with one attached hydrogen (secondary N) is 4. The molecule has 0 heterocycles. The predicted molar refractivity (Wildman–Crippen MR) is 124 cm³/mol. The minimum absolute atomic E-state index is 0.345. The van der Waals surface area contributed by atoms with Gasteiger partial charge in [0.1, 0.15) is 11.5 Å². The largest absolute Gasteiger partial charge is 0.497 e. The number of carbonyl (C=O) groups excluding carboxylic acids is 2. The van der Waals surface area contributed by atoms with E-state index in [-0.39, 0.29) is 12.1 Å². The van der Waals surface area contributed by atoms with E-state index in [4.69, 9.17) is 9.47 Å². The highest BCUT2D eigenvalue weighted by Crippen LogP contribution is 2.16. The second-order valence-electron chi connectivity index (χ2n) is 6.89. The van der Waals surface area contributed by atoms with Gasteiger partial charge < -0.3 is 30.7 Å². The van der Waals surface area contributed by atoms with Gasteiger partial charge in [0.25, 0.3) is 0 Å². The quantitative estimate of drug-likeness (QED) is 0.423. The summed E-state index contributed by atoms with van der Waals surface area (Å²) in [4.78, 5) is 24.4. The van der Waals surface area contributed by atoms with Crippen molar-refractivity contribution >= 4 is 23.4 Å². The molecule has 8 heteroatoms. The molecule has 4 amide bonds. The molecule has 0 atom stereocenters. The van der Waals surface area contributed by atoms with Crippen LogP contribution in [-0.2, 0) is 13.1 Å². The zero-order valence-corrected chi connectivity index (χ0v) is 18.0. The van der Waals surface area contributed by atoms with Gasteiger partial charge in [-0.1, -0.05) is 30.3 Å². The lowest BCUT2D eigenvalue weighted by molar-refractivity contribution is 0.251. The van der Waals surface area contributed by atoms with Crippen molar-refractivity contribution in [2.45, 2.75) is 13.1 Å². The second-order valence-corrected chi connectivity index (χ2v) is 6.89. The van der Waals surface area contributed by atoms with Crippen LogP contribution in [0.25, 0.3) is 0 Å². The molecule has 4 N–H and O–H groups in total. The molecule has 0 saturated heterocycles. The van der Waals surface area contributed by atoms with Crippen LogP contribution in [0.15, 0.2) is 72.8 Å². The zero-order valence-electron chi connectivity index (χ0n) is 18.0. The van der Waals surface area contributed by atoms with Gasteiger partial charge in [0, 0.05) is 24.5 Å². The van der Waals surface area contributed by atoms with E-state index in [1.807, 2.05) is 48.5 Å². The zero-order chi connectivity index (χ0) is 22.8. The van der Waals surface area contributed by atoms with Crippen molar-refractivity contribution in [3.05, 3.63) is 83.9 Å². The number of urea groups is 2. The van der Waals surface area contributed by atoms with E-state index in [1.54, 1.807) is 38.5 Å². The molecule has 32 heavy (non-hydrogen) atoms. The maximum absolute atomic E-state index is 12.2. The first-order valence-electron chi connectivity index (χ1n) is 10.0. The molecule has 0 saturated carbocycles. The first kappa shape index (κ1) is 22.5. The van der Waals surface area contributed by atoms with Gasteiger partial charge in [-0.15, -0.1) is 0 Å². The van der Waals surface area contributed by atoms with Gasteiger partial charge in [0.15, 0.2) is 0 Å². The van der Waals surface area contributed by atoms with Crippen LogP contribution in [-0.4, -0.2) is 26.3 Å². The maximum Gasteiger partial charge on any atom is 0.319 e. The first-order valence-corrected chi connectivity index (χ1v) is 10.0. The average molecular weight is 434 g/mol. The Balaban J connectivity index is 1.46. The van der Waals surface area contributed by atoms with Crippen LogP contribution in [0, 0.1) is 0 Å². The summed E-state index contributed by atoms with van der Waals surface area (Å²) < 4.78 is 10.2. The molecule has 0 unspecified atom stereocenters. The second kappa shape index (κ2) is 11.3. The Hall–Kier alpha value is -4.20. The summed E-state index contributed by atoms with van der Waals surface area (Å²) in [7, 11) is 3.21. The first-order chi connectivity index (χ1) is 15.6. The Kier molecular flexibility index (Phi) is 7.91. The number of ether oxygens (including phenoxy) is 2. The third-order valence-corrected chi connectivity index (χ3v) is 4.60. The van der Waals surface area contributed by atoms with Gasteiger partial charge in [-0.05, 0) is 53.6 Å². The lowest BCUT2D eigenvalue weighted by Gasteiger charge is -2.11. The Morgan fingerprint density at radius 3 is 1.44 bits per heavy atom. The summed E-state index contributed by atoms with van der Waals surface area (Å²) >= 11 is 0. The fraction of sp³-hybridized carbons (Fsp3) is 0.167. The standard InChI is InChI=1S/C24H26N4O4/c1-31-21-10-6-17(7-11-21)15-25-23(29)27-19-4-3-5-20(14-19)28-24(30)26-16-18-8-12-22(32-2)13-9-18/h3-14H,15-16H2,1-2H3,(H2,25,27,29)(H2,26,28,30). The summed E-state index contributed by atoms with van der Waals surface area (Å²) in [5.74, 6) is 1.52. The van der Waals surface area contributed by atoms with Crippen LogP contribution >= 0.6 is 0 Å². The normalized spacial score (nSPS) is 10.1. The van der Waals surface area contributed by atoms with E-state index in [0.717, 1.165) is 22.6 Å². The minimum atomic E-state index is -0.345. The van der Waals surface area contributed by atoms with Crippen molar-refractivity contribution < 1.29 is 19.1 Å². The van der Waals surface area contributed by atoms with E-state index in [9.17, 15) is 9.59 Å². The third kappa shape index (κ3) is 6.94. The number of anilines is 2. The average Bonchev–Trinajstić information content (AvgIpc) is 2.82. The van der Waals surface area contributed by atoms with Crippen molar-refractivity contribution in [2.24, 2.45) is 0 Å². The fourth-order valence-corrected chi connectivity index (χ4v) is 2.88. The van der Waals surface area contributed by atoms with Crippen LogP contribution in [0.5, 0.6) is 11.5 Å². The Morgan fingerprint density at radius 1 is 0.656 bits per heavy atom. The number of benzene rings is 3. The number of hydrogen-bond acceptors (Lipinski definition) is 4. The highest BCUT2D eigenvalue weighted by Gasteiger charge is 2.06. The minimum Gasteiger partial charge on any atom is -0.497 e. The van der Waals surface area contributed by atoms with E-state index < -0.39 is 0 Å². The van der Waals surface area contributed by atoms with Crippen LogP contribution in [0.2, 0.25) is 0 Å². The van der Waals surface area contributed by atoms with E-state index in [2.05, 4.69) is 21.3 Å². The number of methoxy groups -OCH3 is 2. The van der Waals surface area contributed by atoms with Gasteiger partial charge >= 0.3 is 12.1 Å². The van der Waals surface area contributed by atoms with Crippen LogP contribution < -0.4 is 30.7 Å². The van der Waals surface area contributed by atoms with Crippen LogP contribution in [0.4, 0.5) is 21.0 Å². The molecule has 3 aromatic carbocycles. The predicted octanol–water partition coefficient (Wildman–Crippen LogP) is 4.35. The van der Waals surface area contributed by atoms with E-state index in [1.165, 1.54) is 0 Å². The molecule has 0 fully saturated rings. The SMILES string of the molecule is COc1ccc(CNC(=O)Nc2cccc(NC(=O)NCc3ccc(OC)cc3)c2)cc1. The lowest BCUT2D eigenvalue weighted by Crippen LogP contribution is -2.29. The van der Waals surface area contributed by atoms with E-state index in [0.29, 0.717) is 24.5 Å². The van der Waals surface area contributed by atoms with Crippen molar-refractivity contribution in [2.75, 3.05) is 24.9 Å². The van der Waals surface area contributed by atoms with Gasteiger partial charge in [0.2, 0.25) is 0 Å². The Bertz CT molecular complexity index is 956. The van der Waals surface area contributed by atoms with Crippen molar-refractivity contribution in [1.29, 1.82) is 0 Å². The highest BCUT2D eigenvalue weighted by molar-refractivity contribution is 5.92. The molecule has 0 aliphatic heterocycles. The summed E-state index contributed by atoms with van der Waals surface area (Å²) in [6.07, 6.45) is 0. The van der Waals surface area contributed by atoms with Gasteiger partial charge in [-0.25, -0.2) is 9.59 Å². The summed E-state index contributed by atoms with van der Waals surface area (Å²) in [5.41, 5.74) is 3.02. The van der Waals surface area contributed by atoms with Crippen LogP contribution in [0.3, 0.4) is 0 Å². The summed E-state index contributed by atoms with van der Waals surface area (Å²) in [6.45, 7) is 0.753. The molecule has 0 bridgehead atoms. The number of carbonyl (C=O) groups is 2. The van der Waals surface area contributed by atoms with Crippen molar-refractivity contribution in [1.82, 2.24) is 10.6 Å². The lowest BCUT2D eigenvalue weighted by atomic mass is 10.2. The third-order valence-electron chi connectivity index (χ3n) is 4.60. The van der Waals surface area contributed by atoms with Crippen molar-refractivity contribution in [3.8, 4) is 11.5 Å². The fourth-order valence-electron chi connectivity index (χ4n) is 2.88. The molecule has 3 aromatic rings. The molecule has 8 nitrogen and oxygen atoms in total. The summed E-state index contributed by atoms with van der Waals surface area (Å²) in [5, 5.41) is 11.1. The molecular weight excluding hydrogens is 408 g/mol. The smallest absolute Gasteiger partial charge is 0.319 e. The molecule has 3 rings (SSSR count). The molecular formula is C24H26N4O4. The van der Waals surface area contributed by atoms with Gasteiger partial charge in [-0.2, -0.15) is 0 Å². The molecule has 0 spiro atoms. The molecule has 0 aromatic heterocycles. The molecule has 0 aliphatic rings. The molecule has 0 radical (unpaired) electrons. The Labute approximate surface area is 186 Å². The topological polar surface area (TPSA) is 101 Å². The highest BCUT2D eigenvalue weighted by atomic mass is 16.5. The van der Waals surface area contributed by atoms with Crippen molar-refractivity contribution in [3.63, 3.8) is 0 Å². The maximum atomic E-state index is 12.2. The molecule has 0 aliphatic carbocycles. The monoisotopic (exact) mass is 434 g/mol. The van der Waals surface area contributed by atoms with Gasteiger partial charge in [-0.3, -0.25) is 0 Å². The number of rotatable bonds is 8. The molecule has 166 valence electrons. The van der Waals surface area contributed by atoms with Gasteiger partial charge in [0.05, 0.1) is 14.2 Å².